The molecule has 158 valence electrons. The zero-order valence-electron chi connectivity index (χ0n) is 17.0. The van der Waals surface area contributed by atoms with E-state index < -0.39 is 11.9 Å². The van der Waals surface area contributed by atoms with E-state index in [1.165, 1.54) is 35.9 Å². The van der Waals surface area contributed by atoms with Crippen molar-refractivity contribution in [1.29, 1.82) is 0 Å². The molecular weight excluding hydrogens is 409 g/mol. The van der Waals surface area contributed by atoms with Crippen LogP contribution in [0.3, 0.4) is 0 Å². The number of nitrogens with one attached hydrogen (secondary N) is 3. The average molecular weight is 431 g/mol. The number of amides is 2. The van der Waals surface area contributed by atoms with Crippen molar-refractivity contribution in [3.63, 3.8) is 0 Å². The van der Waals surface area contributed by atoms with Crippen molar-refractivity contribution in [3.8, 4) is 5.75 Å². The zero-order valence-corrected chi connectivity index (χ0v) is 17.8. The molecule has 0 saturated heterocycles. The van der Waals surface area contributed by atoms with Crippen molar-refractivity contribution in [2.45, 2.75) is 26.9 Å². The summed E-state index contributed by atoms with van der Waals surface area (Å²) in [5, 5.41) is 9.10. The summed E-state index contributed by atoms with van der Waals surface area (Å²) in [6.07, 6.45) is 0.566. The van der Waals surface area contributed by atoms with Crippen LogP contribution >= 0.6 is 11.3 Å². The number of carbonyl (C=O) groups excluding carboxylic acids is 2. The highest BCUT2D eigenvalue weighted by Crippen LogP contribution is 2.36. The molecule has 3 rings (SSSR count). The van der Waals surface area contributed by atoms with Gasteiger partial charge in [-0.3, -0.25) is 9.59 Å². The van der Waals surface area contributed by atoms with Gasteiger partial charge in [0.1, 0.15) is 28.5 Å². The Morgan fingerprint density at radius 1 is 1.30 bits per heavy atom. The Balaban J connectivity index is 1.99. The number of likely N-dealkylation sites (N-methyl/N-ethyl adjacent to an activating group) is 1. The second-order valence-electron chi connectivity index (χ2n) is 6.46. The average Bonchev–Trinajstić information content (AvgIpc) is 3.07. The molecule has 0 bridgehead atoms. The number of hydrogen-bond donors (Lipinski definition) is 3. The van der Waals surface area contributed by atoms with Gasteiger partial charge in [-0.2, -0.15) is 0 Å². The molecular formula is C20H22FN5O3S. The number of aryl methyl sites for hydroxylation is 1. The minimum absolute atomic E-state index is 0.167. The van der Waals surface area contributed by atoms with Gasteiger partial charge in [-0.25, -0.2) is 14.4 Å². The predicted octanol–water partition coefficient (Wildman–Crippen LogP) is 3.15. The van der Waals surface area contributed by atoms with Crippen LogP contribution in [0.2, 0.25) is 0 Å². The molecule has 2 aromatic heterocycles. The van der Waals surface area contributed by atoms with Crippen LogP contribution in [0.4, 0.5) is 15.9 Å². The Morgan fingerprint density at radius 2 is 2.07 bits per heavy atom. The van der Waals surface area contributed by atoms with Crippen LogP contribution in [-0.2, 0) is 4.79 Å². The van der Waals surface area contributed by atoms with Crippen molar-refractivity contribution in [3.05, 3.63) is 40.8 Å². The second kappa shape index (κ2) is 9.04. The van der Waals surface area contributed by atoms with Crippen molar-refractivity contribution < 1.29 is 18.7 Å². The number of fused-ring (bicyclic) bond motifs is 1. The molecule has 1 aromatic carbocycles. The van der Waals surface area contributed by atoms with Crippen molar-refractivity contribution in [2.75, 3.05) is 18.9 Å². The van der Waals surface area contributed by atoms with Gasteiger partial charge in [0.15, 0.2) is 6.10 Å². The summed E-state index contributed by atoms with van der Waals surface area (Å²) in [5.41, 5.74) is 1.16. The van der Waals surface area contributed by atoms with E-state index in [4.69, 9.17) is 4.74 Å². The summed E-state index contributed by atoms with van der Waals surface area (Å²) in [6.45, 7) is 5.67. The topological polar surface area (TPSA) is 105 Å². The fourth-order valence-corrected chi connectivity index (χ4v) is 3.98. The minimum Gasteiger partial charge on any atom is -0.479 e. The molecule has 0 saturated carbocycles. The fraction of sp³-hybridized carbons (Fsp3) is 0.300. The largest absolute Gasteiger partial charge is 0.479 e. The number of aromatic nitrogens is 2. The van der Waals surface area contributed by atoms with Gasteiger partial charge in [0, 0.05) is 19.7 Å². The number of carbonyl (C=O) groups is 2. The Labute approximate surface area is 176 Å². The number of halogens is 1. The van der Waals surface area contributed by atoms with E-state index in [0.29, 0.717) is 33.1 Å². The van der Waals surface area contributed by atoms with Crippen LogP contribution in [0.25, 0.3) is 10.2 Å². The Bertz CT molecular complexity index is 1100. The molecule has 30 heavy (non-hydrogen) atoms. The first-order valence-electron chi connectivity index (χ1n) is 9.32. The summed E-state index contributed by atoms with van der Waals surface area (Å²) in [4.78, 5) is 33.9. The summed E-state index contributed by atoms with van der Waals surface area (Å²) in [7, 11) is 1.56. The van der Waals surface area contributed by atoms with Gasteiger partial charge >= 0.3 is 0 Å². The van der Waals surface area contributed by atoms with Crippen LogP contribution in [-0.4, -0.2) is 41.5 Å². The smallest absolute Gasteiger partial charge is 0.261 e. The normalized spacial score (nSPS) is 11.8. The van der Waals surface area contributed by atoms with Crippen molar-refractivity contribution >= 4 is 44.9 Å². The first-order valence-corrected chi connectivity index (χ1v) is 10.1. The molecule has 3 N–H and O–H groups in total. The van der Waals surface area contributed by atoms with E-state index in [0.717, 1.165) is 5.56 Å². The number of thiophene rings is 1. The standard InChI is InChI=1S/C20H22FN5O3S/c1-5-23-18(27)11(3)29-14-8-12(21)6-7-13(14)26-17-15-10(2)16(19(28)22-4)30-20(15)25-9-24-17/h6-9,11H,5H2,1-4H3,(H,22,28)(H,23,27)(H,24,25,26). The summed E-state index contributed by atoms with van der Waals surface area (Å²) < 4.78 is 19.6. The highest BCUT2D eigenvalue weighted by Gasteiger charge is 2.20. The number of rotatable bonds is 7. The third-order valence-electron chi connectivity index (χ3n) is 4.38. The number of benzene rings is 1. The number of anilines is 2. The highest BCUT2D eigenvalue weighted by atomic mass is 32.1. The Hall–Kier alpha value is -3.27. The van der Waals surface area contributed by atoms with Crippen molar-refractivity contribution in [1.82, 2.24) is 20.6 Å². The lowest BCUT2D eigenvalue weighted by Gasteiger charge is -2.18. The third-order valence-corrected chi connectivity index (χ3v) is 5.58. The lowest BCUT2D eigenvalue weighted by molar-refractivity contribution is -0.127. The number of hydrogen-bond acceptors (Lipinski definition) is 7. The minimum atomic E-state index is -0.819. The molecule has 0 aliphatic carbocycles. The quantitative estimate of drug-likeness (QED) is 0.531. The molecule has 1 unspecified atom stereocenters. The molecule has 0 spiro atoms. The maximum Gasteiger partial charge on any atom is 0.261 e. The summed E-state index contributed by atoms with van der Waals surface area (Å²) in [6, 6.07) is 3.98. The summed E-state index contributed by atoms with van der Waals surface area (Å²) in [5.74, 6) is -0.393. The molecule has 8 nitrogen and oxygen atoms in total. The van der Waals surface area contributed by atoms with E-state index in [-0.39, 0.29) is 17.6 Å². The first kappa shape index (κ1) is 21.4. The molecule has 0 fully saturated rings. The Kier molecular flexibility index (Phi) is 6.46. The van der Waals surface area contributed by atoms with E-state index >= 15 is 0 Å². The lowest BCUT2D eigenvalue weighted by atomic mass is 10.2. The maximum absolute atomic E-state index is 13.9. The van der Waals surface area contributed by atoms with E-state index in [9.17, 15) is 14.0 Å². The van der Waals surface area contributed by atoms with Crippen LogP contribution in [0.15, 0.2) is 24.5 Å². The molecule has 0 radical (unpaired) electrons. The second-order valence-corrected chi connectivity index (χ2v) is 7.46. The molecule has 2 heterocycles. The number of ether oxygens (including phenoxy) is 1. The van der Waals surface area contributed by atoms with Gasteiger partial charge < -0.3 is 20.7 Å². The highest BCUT2D eigenvalue weighted by molar-refractivity contribution is 7.20. The van der Waals surface area contributed by atoms with Gasteiger partial charge in [0.2, 0.25) is 0 Å². The molecule has 2 amide bonds. The van der Waals surface area contributed by atoms with Crippen LogP contribution < -0.4 is 20.7 Å². The van der Waals surface area contributed by atoms with Gasteiger partial charge in [-0.05, 0) is 38.5 Å². The van der Waals surface area contributed by atoms with E-state index in [2.05, 4.69) is 25.9 Å². The van der Waals surface area contributed by atoms with Crippen LogP contribution in [0.5, 0.6) is 5.75 Å². The molecule has 1 atom stereocenters. The lowest BCUT2D eigenvalue weighted by Crippen LogP contribution is -2.36. The zero-order chi connectivity index (χ0) is 21.8. The number of nitrogens with zero attached hydrogens (tertiary/aromatic N) is 2. The monoisotopic (exact) mass is 431 g/mol. The van der Waals surface area contributed by atoms with Gasteiger partial charge in [0.05, 0.1) is 16.0 Å². The molecule has 10 heteroatoms. The van der Waals surface area contributed by atoms with Gasteiger partial charge in [0.25, 0.3) is 11.8 Å². The third kappa shape index (κ3) is 4.33. The van der Waals surface area contributed by atoms with Crippen LogP contribution in [0, 0.1) is 12.7 Å². The fourth-order valence-electron chi connectivity index (χ4n) is 2.88. The molecule has 0 aliphatic rings. The molecule has 3 aromatic rings. The first-order chi connectivity index (χ1) is 14.3. The van der Waals surface area contributed by atoms with Crippen molar-refractivity contribution in [2.24, 2.45) is 0 Å². The SMILES string of the molecule is CCNC(=O)C(C)Oc1cc(F)ccc1Nc1ncnc2sc(C(=O)NC)c(C)c12. The van der Waals surface area contributed by atoms with E-state index in [1.54, 1.807) is 20.9 Å². The Morgan fingerprint density at radius 3 is 2.77 bits per heavy atom. The maximum atomic E-state index is 13.9. The molecule has 0 aliphatic heterocycles. The van der Waals surface area contributed by atoms with Gasteiger partial charge in [-0.1, -0.05) is 0 Å². The summed E-state index contributed by atoms with van der Waals surface area (Å²) >= 11 is 1.26. The predicted molar refractivity (Wildman–Crippen MR) is 114 cm³/mol. The van der Waals surface area contributed by atoms with E-state index in [1.807, 2.05) is 6.92 Å². The van der Waals surface area contributed by atoms with Gasteiger partial charge in [-0.15, -0.1) is 11.3 Å². The van der Waals surface area contributed by atoms with Crippen LogP contribution in [0.1, 0.15) is 29.1 Å².